The van der Waals surface area contributed by atoms with Crippen LogP contribution in [0.3, 0.4) is 0 Å². The average molecular weight is 381 g/mol. The van der Waals surface area contributed by atoms with Gasteiger partial charge < -0.3 is 10.3 Å². The summed E-state index contributed by atoms with van der Waals surface area (Å²) >= 11 is 0. The number of rotatable bonds is 4. The summed E-state index contributed by atoms with van der Waals surface area (Å²) in [5.41, 5.74) is 3.15. The fraction of sp³-hybridized carbons (Fsp3) is 0.391. The normalized spacial score (nSPS) is 23.6. The van der Waals surface area contributed by atoms with Gasteiger partial charge >= 0.3 is 0 Å². The maximum atomic E-state index is 13.7. The van der Waals surface area contributed by atoms with Gasteiger partial charge in [0, 0.05) is 41.9 Å². The highest BCUT2D eigenvalue weighted by Crippen LogP contribution is 2.39. The van der Waals surface area contributed by atoms with E-state index in [-0.39, 0.29) is 11.6 Å². The topological polar surface area (TPSA) is 31.1 Å². The Morgan fingerprint density at radius 3 is 2.50 bits per heavy atom. The Balaban J connectivity index is 1.15. The third kappa shape index (κ3) is 3.39. The number of aromatic nitrogens is 1. The van der Waals surface area contributed by atoms with E-state index in [0.29, 0.717) is 18.0 Å². The molecule has 5 heteroatoms. The maximum Gasteiger partial charge on any atom is 0.125 e. The standard InChI is InChI=1S/C23H25F2N3/c24-16-2-1-3-18(10-16)27-19-13-28(14-19)20-7-4-15(5-8-20)22-12-26-23-9-6-17(25)11-21(22)23/h1-3,6,9-12,15,19-20,26-27H,4-5,7-8,13-14H2. The molecule has 3 aromatic rings. The van der Waals surface area contributed by atoms with Gasteiger partial charge in [-0.3, -0.25) is 4.90 Å². The van der Waals surface area contributed by atoms with E-state index in [2.05, 4.69) is 21.4 Å². The first-order chi connectivity index (χ1) is 13.7. The van der Waals surface area contributed by atoms with Gasteiger partial charge in [-0.25, -0.2) is 8.78 Å². The quantitative estimate of drug-likeness (QED) is 0.645. The molecule has 3 nitrogen and oxygen atoms in total. The number of likely N-dealkylation sites (tertiary alicyclic amines) is 1. The van der Waals surface area contributed by atoms with Crippen LogP contribution in [0.1, 0.15) is 37.2 Å². The summed E-state index contributed by atoms with van der Waals surface area (Å²) < 4.78 is 27.0. The van der Waals surface area contributed by atoms with Gasteiger partial charge in [0.1, 0.15) is 11.6 Å². The van der Waals surface area contributed by atoms with Crippen LogP contribution in [0.15, 0.2) is 48.7 Å². The molecule has 0 unspecified atom stereocenters. The molecule has 0 atom stereocenters. The van der Waals surface area contributed by atoms with Gasteiger partial charge in [0.2, 0.25) is 0 Å². The second-order valence-electron chi connectivity index (χ2n) is 8.24. The van der Waals surface area contributed by atoms with Crippen LogP contribution in [0.4, 0.5) is 14.5 Å². The van der Waals surface area contributed by atoms with E-state index in [1.165, 1.54) is 30.5 Å². The monoisotopic (exact) mass is 381 g/mol. The lowest BCUT2D eigenvalue weighted by atomic mass is 9.80. The van der Waals surface area contributed by atoms with E-state index in [4.69, 9.17) is 0 Å². The summed E-state index contributed by atoms with van der Waals surface area (Å²) in [6.07, 6.45) is 6.72. The highest BCUT2D eigenvalue weighted by molar-refractivity contribution is 5.83. The van der Waals surface area contributed by atoms with Crippen molar-refractivity contribution in [2.24, 2.45) is 0 Å². The van der Waals surface area contributed by atoms with Crippen molar-refractivity contribution in [1.29, 1.82) is 0 Å². The van der Waals surface area contributed by atoms with Gasteiger partial charge in [-0.15, -0.1) is 0 Å². The first kappa shape index (κ1) is 17.7. The molecule has 1 saturated carbocycles. The minimum atomic E-state index is -0.198. The van der Waals surface area contributed by atoms with Gasteiger partial charge in [-0.2, -0.15) is 0 Å². The predicted octanol–water partition coefficient (Wildman–Crippen LogP) is 5.27. The van der Waals surface area contributed by atoms with Crippen molar-refractivity contribution in [3.05, 3.63) is 65.9 Å². The summed E-state index contributed by atoms with van der Waals surface area (Å²) in [4.78, 5) is 5.83. The van der Waals surface area contributed by atoms with Crippen LogP contribution in [-0.4, -0.2) is 35.1 Å². The van der Waals surface area contributed by atoms with E-state index >= 15 is 0 Å². The van der Waals surface area contributed by atoms with Gasteiger partial charge in [-0.05, 0) is 73.6 Å². The molecule has 146 valence electrons. The maximum absolute atomic E-state index is 13.7. The number of nitrogens with one attached hydrogen (secondary N) is 2. The number of fused-ring (bicyclic) bond motifs is 1. The molecule has 0 bridgehead atoms. The van der Waals surface area contributed by atoms with Gasteiger partial charge in [-0.1, -0.05) is 6.07 Å². The molecular weight excluding hydrogens is 356 g/mol. The number of hydrogen-bond acceptors (Lipinski definition) is 2. The number of anilines is 1. The van der Waals surface area contributed by atoms with E-state index < -0.39 is 0 Å². The molecule has 1 aliphatic heterocycles. The number of halogens is 2. The largest absolute Gasteiger partial charge is 0.380 e. The zero-order valence-corrected chi connectivity index (χ0v) is 15.8. The van der Waals surface area contributed by atoms with Gasteiger partial charge in [0.05, 0.1) is 6.04 Å². The minimum Gasteiger partial charge on any atom is -0.380 e. The fourth-order valence-corrected chi connectivity index (χ4v) is 4.92. The molecule has 1 aliphatic carbocycles. The Morgan fingerprint density at radius 2 is 1.71 bits per heavy atom. The Labute approximate surface area is 163 Å². The molecule has 28 heavy (non-hydrogen) atoms. The number of H-pyrrole nitrogens is 1. The number of hydrogen-bond donors (Lipinski definition) is 2. The molecule has 0 spiro atoms. The van der Waals surface area contributed by atoms with E-state index in [1.807, 2.05) is 12.1 Å². The SMILES string of the molecule is Fc1cccc(NC2CN(C3CCC(c4c[nH]c5ccc(F)cc45)CC3)C2)c1. The molecule has 2 aliphatic rings. The smallest absolute Gasteiger partial charge is 0.125 e. The molecule has 1 aromatic heterocycles. The van der Waals surface area contributed by atoms with Crippen LogP contribution in [0.5, 0.6) is 0 Å². The summed E-state index contributed by atoms with van der Waals surface area (Å²) in [5, 5.41) is 4.46. The van der Waals surface area contributed by atoms with Crippen LogP contribution >= 0.6 is 0 Å². The highest BCUT2D eigenvalue weighted by Gasteiger charge is 2.35. The minimum absolute atomic E-state index is 0.167. The van der Waals surface area contributed by atoms with Crippen LogP contribution < -0.4 is 5.32 Å². The van der Waals surface area contributed by atoms with Crippen molar-refractivity contribution in [3.63, 3.8) is 0 Å². The first-order valence-electron chi connectivity index (χ1n) is 10.2. The third-order valence-electron chi connectivity index (χ3n) is 6.43. The Hall–Kier alpha value is -2.40. The lowest BCUT2D eigenvalue weighted by molar-refractivity contribution is 0.0750. The average Bonchev–Trinajstić information content (AvgIpc) is 3.08. The molecule has 2 fully saturated rings. The summed E-state index contributed by atoms with van der Waals surface area (Å²) in [7, 11) is 0. The second-order valence-corrected chi connectivity index (χ2v) is 8.24. The van der Waals surface area contributed by atoms with Crippen LogP contribution in [0.2, 0.25) is 0 Å². The van der Waals surface area contributed by atoms with Crippen LogP contribution in [0, 0.1) is 11.6 Å². The van der Waals surface area contributed by atoms with E-state index in [0.717, 1.165) is 42.5 Å². The van der Waals surface area contributed by atoms with Crippen molar-refractivity contribution in [2.45, 2.75) is 43.7 Å². The fourth-order valence-electron chi connectivity index (χ4n) is 4.92. The van der Waals surface area contributed by atoms with E-state index in [1.54, 1.807) is 18.2 Å². The highest BCUT2D eigenvalue weighted by atomic mass is 19.1. The lowest BCUT2D eigenvalue weighted by Crippen LogP contribution is -2.59. The molecule has 0 radical (unpaired) electrons. The second kappa shape index (κ2) is 7.21. The predicted molar refractivity (Wildman–Crippen MR) is 109 cm³/mol. The number of aromatic amines is 1. The number of benzene rings is 2. The molecule has 2 N–H and O–H groups in total. The van der Waals surface area contributed by atoms with Crippen molar-refractivity contribution >= 4 is 16.6 Å². The molecule has 1 saturated heterocycles. The Kier molecular flexibility index (Phi) is 4.55. The third-order valence-corrected chi connectivity index (χ3v) is 6.43. The van der Waals surface area contributed by atoms with Crippen LogP contribution in [-0.2, 0) is 0 Å². The zero-order valence-electron chi connectivity index (χ0n) is 15.8. The molecule has 2 aromatic carbocycles. The van der Waals surface area contributed by atoms with Crippen molar-refractivity contribution < 1.29 is 8.78 Å². The molecule has 0 amide bonds. The molecule has 2 heterocycles. The van der Waals surface area contributed by atoms with Gasteiger partial charge in [0.25, 0.3) is 0 Å². The number of nitrogens with zero attached hydrogens (tertiary/aromatic N) is 1. The zero-order chi connectivity index (χ0) is 19.1. The van der Waals surface area contributed by atoms with Crippen LogP contribution in [0.25, 0.3) is 10.9 Å². The molecule has 5 rings (SSSR count). The van der Waals surface area contributed by atoms with Crippen molar-refractivity contribution in [2.75, 3.05) is 18.4 Å². The summed E-state index contributed by atoms with van der Waals surface area (Å²) in [5.74, 6) is 0.144. The Morgan fingerprint density at radius 1 is 0.929 bits per heavy atom. The molecular formula is C23H25F2N3. The summed E-state index contributed by atoms with van der Waals surface area (Å²) in [6.45, 7) is 2.04. The Bertz CT molecular complexity index is 969. The summed E-state index contributed by atoms with van der Waals surface area (Å²) in [6, 6.07) is 12.7. The van der Waals surface area contributed by atoms with Gasteiger partial charge in [0.15, 0.2) is 0 Å². The lowest BCUT2D eigenvalue weighted by Gasteiger charge is -2.47. The first-order valence-corrected chi connectivity index (χ1v) is 10.2. The van der Waals surface area contributed by atoms with Crippen molar-refractivity contribution in [1.82, 2.24) is 9.88 Å². The van der Waals surface area contributed by atoms with E-state index in [9.17, 15) is 8.78 Å². The van der Waals surface area contributed by atoms with Crippen molar-refractivity contribution in [3.8, 4) is 0 Å².